The molecule has 1 amide bonds. The van der Waals surface area contributed by atoms with Crippen LogP contribution < -0.4 is 5.32 Å². The molecule has 0 bridgehead atoms. The van der Waals surface area contributed by atoms with Crippen LogP contribution in [0.1, 0.15) is 22.3 Å². The predicted molar refractivity (Wildman–Crippen MR) is 74.7 cm³/mol. The topological polar surface area (TPSA) is 35.6 Å². The zero-order valence-corrected chi connectivity index (χ0v) is 12.1. The van der Waals surface area contributed by atoms with E-state index in [1.54, 1.807) is 11.3 Å². The fraction of sp³-hybridized carbons (Fsp3) is 0.615. The van der Waals surface area contributed by atoms with Gasteiger partial charge in [0.2, 0.25) is 5.91 Å². The first-order valence-electron chi connectivity index (χ1n) is 6.32. The minimum Gasteiger partial charge on any atom is -0.321 e. The molecule has 1 N–H and O–H groups in total. The molecule has 5 heteroatoms. The van der Waals surface area contributed by atoms with Crippen molar-refractivity contribution in [3.8, 4) is 0 Å². The van der Waals surface area contributed by atoms with E-state index in [0.717, 1.165) is 19.5 Å². The lowest BCUT2D eigenvalue weighted by Gasteiger charge is -2.24. The molecule has 0 radical (unpaired) electrons. The number of carbonyl (C=O) groups is 1. The van der Waals surface area contributed by atoms with E-state index in [0.29, 0.717) is 6.54 Å². The monoisotopic (exact) mass is 267 g/mol. The molecule has 1 aliphatic heterocycles. The van der Waals surface area contributed by atoms with Crippen molar-refractivity contribution in [1.82, 2.24) is 15.1 Å². The van der Waals surface area contributed by atoms with Crippen molar-refractivity contribution in [2.75, 3.05) is 33.7 Å². The molecule has 2 rings (SSSR count). The van der Waals surface area contributed by atoms with Crippen molar-refractivity contribution < 1.29 is 4.79 Å². The molecule has 4 nitrogen and oxygen atoms in total. The van der Waals surface area contributed by atoms with Gasteiger partial charge in [-0.15, -0.1) is 11.3 Å². The SMILES string of the molecule is Cc1ccc(C2NCC(=O)N2CCCN(C)C)s1. The van der Waals surface area contributed by atoms with Gasteiger partial charge in [-0.05, 0) is 46.1 Å². The van der Waals surface area contributed by atoms with Crippen LogP contribution in [0, 0.1) is 6.92 Å². The largest absolute Gasteiger partial charge is 0.321 e. The van der Waals surface area contributed by atoms with Gasteiger partial charge in [0.1, 0.15) is 6.17 Å². The number of carbonyl (C=O) groups excluding carboxylic acids is 1. The molecule has 0 saturated carbocycles. The van der Waals surface area contributed by atoms with Gasteiger partial charge in [-0.2, -0.15) is 0 Å². The van der Waals surface area contributed by atoms with E-state index >= 15 is 0 Å². The summed E-state index contributed by atoms with van der Waals surface area (Å²) in [6.45, 7) is 4.40. The Bertz CT molecular complexity index is 416. The molecule has 1 atom stereocenters. The van der Waals surface area contributed by atoms with E-state index in [-0.39, 0.29) is 12.1 Å². The summed E-state index contributed by atoms with van der Waals surface area (Å²) in [5, 5.41) is 3.30. The van der Waals surface area contributed by atoms with E-state index in [9.17, 15) is 4.79 Å². The lowest BCUT2D eigenvalue weighted by molar-refractivity contribution is -0.128. The third kappa shape index (κ3) is 3.10. The Morgan fingerprint density at radius 3 is 2.89 bits per heavy atom. The molecule has 1 aromatic rings. The van der Waals surface area contributed by atoms with Crippen LogP contribution >= 0.6 is 11.3 Å². The number of rotatable bonds is 5. The Kier molecular flexibility index (Phi) is 4.37. The van der Waals surface area contributed by atoms with Gasteiger partial charge in [-0.1, -0.05) is 0 Å². The van der Waals surface area contributed by atoms with Crippen molar-refractivity contribution >= 4 is 17.2 Å². The number of thiophene rings is 1. The molecular weight excluding hydrogens is 246 g/mol. The molecule has 2 heterocycles. The first kappa shape index (κ1) is 13.5. The van der Waals surface area contributed by atoms with Crippen LogP contribution in [0.25, 0.3) is 0 Å². The second kappa shape index (κ2) is 5.82. The van der Waals surface area contributed by atoms with Crippen LogP contribution in [-0.4, -0.2) is 49.4 Å². The quantitative estimate of drug-likeness (QED) is 0.877. The number of aryl methyl sites for hydroxylation is 1. The fourth-order valence-electron chi connectivity index (χ4n) is 2.21. The predicted octanol–water partition coefficient (Wildman–Crippen LogP) is 1.44. The highest BCUT2D eigenvalue weighted by molar-refractivity contribution is 7.12. The average molecular weight is 267 g/mol. The van der Waals surface area contributed by atoms with Gasteiger partial charge in [0.25, 0.3) is 0 Å². The van der Waals surface area contributed by atoms with E-state index in [1.165, 1.54) is 9.75 Å². The van der Waals surface area contributed by atoms with Crippen molar-refractivity contribution in [2.24, 2.45) is 0 Å². The third-order valence-electron chi connectivity index (χ3n) is 3.11. The Hall–Kier alpha value is -0.910. The van der Waals surface area contributed by atoms with Crippen LogP contribution in [0.3, 0.4) is 0 Å². The van der Waals surface area contributed by atoms with Gasteiger partial charge >= 0.3 is 0 Å². The second-order valence-corrected chi connectivity index (χ2v) is 6.30. The van der Waals surface area contributed by atoms with Gasteiger partial charge in [-0.3, -0.25) is 10.1 Å². The maximum atomic E-state index is 11.9. The molecule has 1 fully saturated rings. The summed E-state index contributed by atoms with van der Waals surface area (Å²) in [5.74, 6) is 0.213. The summed E-state index contributed by atoms with van der Waals surface area (Å²) in [6, 6.07) is 4.23. The van der Waals surface area contributed by atoms with E-state index in [4.69, 9.17) is 0 Å². The molecular formula is C13H21N3OS. The van der Waals surface area contributed by atoms with E-state index in [2.05, 4.69) is 43.4 Å². The molecule has 0 aliphatic carbocycles. The van der Waals surface area contributed by atoms with Crippen LogP contribution in [0.15, 0.2) is 12.1 Å². The molecule has 100 valence electrons. The van der Waals surface area contributed by atoms with E-state index < -0.39 is 0 Å². The number of nitrogens with zero attached hydrogens (tertiary/aromatic N) is 2. The van der Waals surface area contributed by atoms with Crippen molar-refractivity contribution in [3.63, 3.8) is 0 Å². The lowest BCUT2D eigenvalue weighted by atomic mass is 10.3. The highest BCUT2D eigenvalue weighted by Gasteiger charge is 2.31. The zero-order valence-electron chi connectivity index (χ0n) is 11.3. The standard InChI is InChI=1S/C13H21N3OS/c1-10-5-6-11(18-10)13-14-9-12(17)16(13)8-4-7-15(2)3/h5-6,13-14H,4,7-9H2,1-3H3. The smallest absolute Gasteiger partial charge is 0.238 e. The molecule has 18 heavy (non-hydrogen) atoms. The maximum absolute atomic E-state index is 11.9. The Morgan fingerprint density at radius 2 is 2.28 bits per heavy atom. The zero-order chi connectivity index (χ0) is 13.1. The molecule has 0 aromatic carbocycles. The van der Waals surface area contributed by atoms with E-state index in [1.807, 2.05) is 4.90 Å². The number of nitrogens with one attached hydrogen (secondary N) is 1. The first-order chi connectivity index (χ1) is 8.58. The highest BCUT2D eigenvalue weighted by Crippen LogP contribution is 2.28. The normalized spacial score (nSPS) is 20.1. The lowest BCUT2D eigenvalue weighted by Crippen LogP contribution is -2.32. The number of hydrogen-bond acceptors (Lipinski definition) is 4. The van der Waals surface area contributed by atoms with Gasteiger partial charge in [0.15, 0.2) is 0 Å². The summed E-state index contributed by atoms with van der Waals surface area (Å²) < 4.78 is 0. The van der Waals surface area contributed by atoms with Crippen LogP contribution in [0.2, 0.25) is 0 Å². The highest BCUT2D eigenvalue weighted by atomic mass is 32.1. The summed E-state index contributed by atoms with van der Waals surface area (Å²) in [6.07, 6.45) is 1.10. The summed E-state index contributed by atoms with van der Waals surface area (Å²) in [5.41, 5.74) is 0. The molecule has 1 aromatic heterocycles. The Morgan fingerprint density at radius 1 is 1.50 bits per heavy atom. The Labute approximate surface area is 113 Å². The van der Waals surface area contributed by atoms with Crippen molar-refractivity contribution in [1.29, 1.82) is 0 Å². The Balaban J connectivity index is 1.99. The second-order valence-electron chi connectivity index (χ2n) is 4.98. The maximum Gasteiger partial charge on any atom is 0.238 e. The van der Waals surface area contributed by atoms with Crippen LogP contribution in [0.4, 0.5) is 0 Å². The minimum atomic E-state index is 0.0818. The van der Waals surface area contributed by atoms with Gasteiger partial charge in [0.05, 0.1) is 6.54 Å². The summed E-state index contributed by atoms with van der Waals surface area (Å²) in [4.78, 5) is 18.5. The van der Waals surface area contributed by atoms with Crippen LogP contribution in [-0.2, 0) is 4.79 Å². The van der Waals surface area contributed by atoms with Crippen LogP contribution in [0.5, 0.6) is 0 Å². The van der Waals surface area contributed by atoms with Gasteiger partial charge in [0, 0.05) is 16.3 Å². The molecule has 1 saturated heterocycles. The van der Waals surface area contributed by atoms with Crippen molar-refractivity contribution in [3.05, 3.63) is 21.9 Å². The van der Waals surface area contributed by atoms with Gasteiger partial charge < -0.3 is 9.80 Å². The summed E-state index contributed by atoms with van der Waals surface area (Å²) in [7, 11) is 4.12. The average Bonchev–Trinajstić information content (AvgIpc) is 2.86. The molecule has 1 aliphatic rings. The number of hydrogen-bond donors (Lipinski definition) is 1. The number of amides is 1. The van der Waals surface area contributed by atoms with Gasteiger partial charge in [-0.25, -0.2) is 0 Å². The molecule has 1 unspecified atom stereocenters. The summed E-state index contributed by atoms with van der Waals surface area (Å²) >= 11 is 1.76. The first-order valence-corrected chi connectivity index (χ1v) is 7.13. The third-order valence-corrected chi connectivity index (χ3v) is 4.17. The molecule has 0 spiro atoms. The minimum absolute atomic E-state index is 0.0818. The fourth-order valence-corrected chi connectivity index (χ4v) is 3.17. The van der Waals surface area contributed by atoms with Crippen molar-refractivity contribution in [2.45, 2.75) is 19.5 Å².